The molecule has 0 bridgehead atoms. The number of nitrogens with zero attached hydrogens (tertiary/aromatic N) is 2. The molecule has 2 aromatic rings. The van der Waals surface area contributed by atoms with Crippen molar-refractivity contribution in [2.75, 3.05) is 0 Å². The van der Waals surface area contributed by atoms with Gasteiger partial charge in [-0.2, -0.15) is 5.10 Å². The van der Waals surface area contributed by atoms with Crippen molar-refractivity contribution in [1.82, 2.24) is 15.1 Å². The van der Waals surface area contributed by atoms with E-state index in [9.17, 15) is 4.79 Å². The van der Waals surface area contributed by atoms with Crippen LogP contribution in [0.3, 0.4) is 0 Å². The summed E-state index contributed by atoms with van der Waals surface area (Å²) in [5.74, 6) is -0.474. The van der Waals surface area contributed by atoms with Gasteiger partial charge in [0.1, 0.15) is 0 Å². The minimum absolute atomic E-state index is 0.399. The van der Waals surface area contributed by atoms with Crippen molar-refractivity contribution in [2.24, 2.45) is 5.73 Å². The Hall–Kier alpha value is -1.66. The summed E-state index contributed by atoms with van der Waals surface area (Å²) >= 11 is 3.55. The average Bonchev–Trinajstić information content (AvgIpc) is 3.11. The molecule has 0 atom stereocenters. The van der Waals surface area contributed by atoms with Crippen molar-refractivity contribution in [2.45, 2.75) is 25.4 Å². The largest absolute Gasteiger partial charge is 0.366 e. The summed E-state index contributed by atoms with van der Waals surface area (Å²) in [6.07, 6.45) is 5.66. The van der Waals surface area contributed by atoms with Crippen LogP contribution in [0.1, 0.15) is 28.8 Å². The van der Waals surface area contributed by atoms with Crippen molar-refractivity contribution in [1.29, 1.82) is 0 Å². The molecule has 104 valence electrons. The normalized spacial score (nSPS) is 14.4. The number of rotatable bonds is 5. The maximum Gasteiger partial charge on any atom is 0.251 e. The Labute approximate surface area is 125 Å². The van der Waals surface area contributed by atoms with Crippen LogP contribution in [-0.4, -0.2) is 21.7 Å². The minimum Gasteiger partial charge on any atom is -0.366 e. The summed E-state index contributed by atoms with van der Waals surface area (Å²) in [6.45, 7) is 0.870. The topological polar surface area (TPSA) is 72.9 Å². The number of primary amides is 1. The lowest BCUT2D eigenvalue weighted by Gasteiger charge is -2.08. The first-order valence-electron chi connectivity index (χ1n) is 6.50. The second-order valence-corrected chi connectivity index (χ2v) is 5.83. The summed E-state index contributed by atoms with van der Waals surface area (Å²) in [5, 5.41) is 7.63. The smallest absolute Gasteiger partial charge is 0.251 e. The van der Waals surface area contributed by atoms with Crippen LogP contribution in [0.4, 0.5) is 0 Å². The standard InChI is InChI=1S/C14H15BrN4O/c15-12-5-9(6-17-11-2-3-11)1-4-13(12)19-8-10(7-18-19)14(16)20/h1,4-5,7-8,11,17H,2-3,6H2,(H2,16,20). The Bertz CT molecular complexity index is 648. The number of benzene rings is 1. The summed E-state index contributed by atoms with van der Waals surface area (Å²) in [4.78, 5) is 11.1. The van der Waals surface area contributed by atoms with Crippen LogP contribution in [0.15, 0.2) is 35.1 Å². The fourth-order valence-electron chi connectivity index (χ4n) is 1.98. The molecule has 1 amide bonds. The number of carbonyl (C=O) groups is 1. The van der Waals surface area contributed by atoms with Crippen LogP contribution in [0, 0.1) is 0 Å². The zero-order valence-corrected chi connectivity index (χ0v) is 12.4. The SMILES string of the molecule is NC(=O)c1cnn(-c2ccc(CNC3CC3)cc2Br)c1. The highest BCUT2D eigenvalue weighted by Gasteiger charge is 2.20. The molecule has 1 aliphatic rings. The van der Waals surface area contributed by atoms with E-state index in [2.05, 4.69) is 38.5 Å². The molecule has 0 spiro atoms. The van der Waals surface area contributed by atoms with E-state index in [1.807, 2.05) is 6.07 Å². The van der Waals surface area contributed by atoms with Crippen LogP contribution in [-0.2, 0) is 6.54 Å². The molecule has 1 aliphatic carbocycles. The second kappa shape index (κ2) is 5.38. The molecule has 3 rings (SSSR count). The van der Waals surface area contributed by atoms with Crippen LogP contribution in [0.25, 0.3) is 5.69 Å². The molecule has 20 heavy (non-hydrogen) atoms. The number of hydrogen-bond donors (Lipinski definition) is 2. The molecule has 1 aromatic carbocycles. The first-order chi connectivity index (χ1) is 9.63. The molecule has 1 saturated carbocycles. The van der Waals surface area contributed by atoms with Gasteiger partial charge >= 0.3 is 0 Å². The molecule has 1 fully saturated rings. The van der Waals surface area contributed by atoms with E-state index in [1.165, 1.54) is 24.6 Å². The Morgan fingerprint density at radius 1 is 1.50 bits per heavy atom. The molecular weight excluding hydrogens is 320 g/mol. The van der Waals surface area contributed by atoms with E-state index in [4.69, 9.17) is 5.73 Å². The maximum absolute atomic E-state index is 11.1. The average molecular weight is 335 g/mol. The molecule has 6 heteroatoms. The first kappa shape index (κ1) is 13.3. The van der Waals surface area contributed by atoms with Gasteiger partial charge in [0.25, 0.3) is 5.91 Å². The lowest BCUT2D eigenvalue weighted by Crippen LogP contribution is -2.15. The maximum atomic E-state index is 11.1. The third-order valence-electron chi connectivity index (χ3n) is 3.30. The summed E-state index contributed by atoms with van der Waals surface area (Å²) in [5.41, 5.74) is 7.73. The quantitative estimate of drug-likeness (QED) is 0.878. The molecule has 1 aromatic heterocycles. The van der Waals surface area contributed by atoms with E-state index >= 15 is 0 Å². The number of carbonyl (C=O) groups excluding carboxylic acids is 1. The third-order valence-corrected chi connectivity index (χ3v) is 3.93. The lowest BCUT2D eigenvalue weighted by molar-refractivity contribution is 0.100. The minimum atomic E-state index is -0.474. The van der Waals surface area contributed by atoms with Gasteiger partial charge in [-0.25, -0.2) is 4.68 Å². The van der Waals surface area contributed by atoms with Crippen molar-refractivity contribution < 1.29 is 4.79 Å². The number of halogens is 1. The molecule has 5 nitrogen and oxygen atoms in total. The highest BCUT2D eigenvalue weighted by atomic mass is 79.9. The van der Waals surface area contributed by atoms with Gasteiger partial charge in [-0.15, -0.1) is 0 Å². The highest BCUT2D eigenvalue weighted by molar-refractivity contribution is 9.10. The van der Waals surface area contributed by atoms with Gasteiger partial charge < -0.3 is 11.1 Å². The van der Waals surface area contributed by atoms with Crippen molar-refractivity contribution in [3.05, 3.63) is 46.2 Å². The van der Waals surface area contributed by atoms with Crippen molar-refractivity contribution in [3.8, 4) is 5.69 Å². The Morgan fingerprint density at radius 2 is 2.30 bits per heavy atom. The van der Waals surface area contributed by atoms with E-state index < -0.39 is 5.91 Å². The molecular formula is C14H15BrN4O. The van der Waals surface area contributed by atoms with Gasteiger partial charge in [0.2, 0.25) is 0 Å². The number of hydrogen-bond acceptors (Lipinski definition) is 3. The van der Waals surface area contributed by atoms with Crippen LogP contribution < -0.4 is 11.1 Å². The Morgan fingerprint density at radius 3 is 2.90 bits per heavy atom. The molecule has 0 saturated heterocycles. The summed E-state index contributed by atoms with van der Waals surface area (Å²) < 4.78 is 2.58. The second-order valence-electron chi connectivity index (χ2n) is 4.98. The van der Waals surface area contributed by atoms with Gasteiger partial charge in [0.05, 0.1) is 17.4 Å². The van der Waals surface area contributed by atoms with Gasteiger partial charge in [0.15, 0.2) is 0 Å². The monoisotopic (exact) mass is 334 g/mol. The Kier molecular flexibility index (Phi) is 3.58. The highest BCUT2D eigenvalue weighted by Crippen LogP contribution is 2.24. The van der Waals surface area contributed by atoms with E-state index in [0.717, 1.165) is 16.7 Å². The first-order valence-corrected chi connectivity index (χ1v) is 7.29. The number of nitrogens with two attached hydrogens (primary N) is 1. The van der Waals surface area contributed by atoms with Crippen molar-refractivity contribution >= 4 is 21.8 Å². The van der Waals surface area contributed by atoms with E-state index in [-0.39, 0.29) is 0 Å². The van der Waals surface area contributed by atoms with Gasteiger partial charge in [-0.3, -0.25) is 4.79 Å². The van der Waals surface area contributed by atoms with E-state index in [0.29, 0.717) is 11.6 Å². The van der Waals surface area contributed by atoms with Crippen LogP contribution >= 0.6 is 15.9 Å². The fourth-order valence-corrected chi connectivity index (χ4v) is 2.59. The third kappa shape index (κ3) is 2.91. The lowest BCUT2D eigenvalue weighted by atomic mass is 10.2. The number of aromatic nitrogens is 2. The molecule has 0 radical (unpaired) electrons. The van der Waals surface area contributed by atoms with Crippen LogP contribution in [0.2, 0.25) is 0 Å². The predicted octanol–water partition coefficient (Wildman–Crippen LogP) is 1.99. The summed E-state index contributed by atoms with van der Waals surface area (Å²) in [6, 6.07) is 6.79. The van der Waals surface area contributed by atoms with Crippen LogP contribution in [0.5, 0.6) is 0 Å². The van der Waals surface area contributed by atoms with Gasteiger partial charge in [-0.1, -0.05) is 6.07 Å². The molecule has 1 heterocycles. The van der Waals surface area contributed by atoms with Gasteiger partial charge in [-0.05, 0) is 46.5 Å². The summed E-state index contributed by atoms with van der Waals surface area (Å²) in [7, 11) is 0. The molecule has 0 aliphatic heterocycles. The van der Waals surface area contributed by atoms with E-state index in [1.54, 1.807) is 10.9 Å². The van der Waals surface area contributed by atoms with Gasteiger partial charge in [0, 0.05) is 23.3 Å². The number of nitrogens with one attached hydrogen (secondary N) is 1. The molecule has 3 N–H and O–H groups in total. The Balaban J connectivity index is 1.79. The van der Waals surface area contributed by atoms with Crippen molar-refractivity contribution in [3.63, 3.8) is 0 Å². The number of amides is 1. The fraction of sp³-hybridized carbons (Fsp3) is 0.286. The zero-order valence-electron chi connectivity index (χ0n) is 10.8. The molecule has 0 unspecified atom stereocenters. The zero-order chi connectivity index (χ0) is 14.1. The predicted molar refractivity (Wildman–Crippen MR) is 79.6 cm³/mol.